The molecule has 0 atom stereocenters. The van der Waals surface area contributed by atoms with Crippen molar-refractivity contribution in [2.45, 2.75) is 25.4 Å². The van der Waals surface area contributed by atoms with Gasteiger partial charge in [0.25, 0.3) is 0 Å². The number of hydrogen-bond acceptors (Lipinski definition) is 3. The highest BCUT2D eigenvalue weighted by molar-refractivity contribution is 14.0. The first-order valence-electron chi connectivity index (χ1n) is 8.54. The number of guanidine groups is 1. The van der Waals surface area contributed by atoms with Crippen molar-refractivity contribution in [2.24, 2.45) is 4.99 Å². The molecule has 1 aliphatic rings. The summed E-state index contributed by atoms with van der Waals surface area (Å²) < 4.78 is 5.21. The van der Waals surface area contributed by atoms with E-state index in [0.717, 1.165) is 55.4 Å². The van der Waals surface area contributed by atoms with Crippen molar-refractivity contribution in [3.63, 3.8) is 0 Å². The van der Waals surface area contributed by atoms with E-state index in [2.05, 4.69) is 20.1 Å². The van der Waals surface area contributed by atoms with Crippen LogP contribution in [0.3, 0.4) is 0 Å². The number of aliphatic imine (C=N–C) groups is 1. The van der Waals surface area contributed by atoms with Gasteiger partial charge in [0.05, 0.1) is 6.61 Å². The van der Waals surface area contributed by atoms with Gasteiger partial charge in [-0.15, -0.1) is 24.0 Å². The number of nitrogens with zero attached hydrogens (tertiary/aromatic N) is 3. The van der Waals surface area contributed by atoms with Crippen LogP contribution in [-0.2, 0) is 11.3 Å². The second-order valence-corrected chi connectivity index (χ2v) is 6.59. The molecule has 0 aliphatic heterocycles. The smallest absolute Gasteiger partial charge is 0.193 e. The summed E-state index contributed by atoms with van der Waals surface area (Å²) in [5, 5.41) is 4.24. The van der Waals surface area contributed by atoms with E-state index in [-0.39, 0.29) is 24.0 Å². The Labute approximate surface area is 173 Å². The lowest BCUT2D eigenvalue weighted by atomic mass is 10.2. The Morgan fingerprint density at radius 1 is 1.32 bits per heavy atom. The van der Waals surface area contributed by atoms with Gasteiger partial charge in [0, 0.05) is 58.4 Å². The first-order valence-corrected chi connectivity index (χ1v) is 8.91. The highest BCUT2D eigenvalue weighted by Crippen LogP contribution is 2.26. The average Bonchev–Trinajstić information content (AvgIpc) is 3.41. The first kappa shape index (κ1) is 22.5. The summed E-state index contributed by atoms with van der Waals surface area (Å²) in [6.45, 7) is 4.40. The van der Waals surface area contributed by atoms with Gasteiger partial charge in [-0.05, 0) is 24.5 Å². The number of methoxy groups -OCH3 is 1. The molecule has 0 spiro atoms. The molecular weight excluding hydrogens is 451 g/mol. The molecular formula is C18H30ClIN4O. The molecule has 7 heteroatoms. The van der Waals surface area contributed by atoms with Crippen molar-refractivity contribution in [1.29, 1.82) is 0 Å². The summed E-state index contributed by atoms with van der Waals surface area (Å²) in [5.74, 6) is 0.886. The van der Waals surface area contributed by atoms with Crippen molar-refractivity contribution < 1.29 is 4.74 Å². The molecule has 0 saturated heterocycles. The maximum absolute atomic E-state index is 6.25. The molecule has 0 aromatic heterocycles. The molecule has 2 rings (SSSR count). The normalized spacial score (nSPS) is 14.4. The monoisotopic (exact) mass is 480 g/mol. The highest BCUT2D eigenvalue weighted by atomic mass is 127. The molecule has 0 heterocycles. The number of hydrogen-bond donors (Lipinski definition) is 1. The predicted octanol–water partition coefficient (Wildman–Crippen LogP) is 3.08. The van der Waals surface area contributed by atoms with Crippen LogP contribution in [0.15, 0.2) is 29.3 Å². The van der Waals surface area contributed by atoms with E-state index >= 15 is 0 Å². The topological polar surface area (TPSA) is 40.1 Å². The van der Waals surface area contributed by atoms with Crippen LogP contribution in [0.1, 0.15) is 18.4 Å². The van der Waals surface area contributed by atoms with Gasteiger partial charge in [-0.2, -0.15) is 0 Å². The van der Waals surface area contributed by atoms with Crippen LogP contribution in [0.25, 0.3) is 0 Å². The predicted molar refractivity (Wildman–Crippen MR) is 116 cm³/mol. The lowest BCUT2D eigenvalue weighted by Crippen LogP contribution is -2.43. The van der Waals surface area contributed by atoms with Gasteiger partial charge in [0.2, 0.25) is 0 Å². The summed E-state index contributed by atoms with van der Waals surface area (Å²) in [4.78, 5) is 8.97. The van der Waals surface area contributed by atoms with Crippen molar-refractivity contribution in [1.82, 2.24) is 15.1 Å². The quantitative estimate of drug-likeness (QED) is 0.335. The maximum atomic E-state index is 6.25. The van der Waals surface area contributed by atoms with E-state index < -0.39 is 0 Å². The van der Waals surface area contributed by atoms with Crippen LogP contribution in [0, 0.1) is 0 Å². The van der Waals surface area contributed by atoms with E-state index in [1.165, 1.54) is 12.8 Å². The van der Waals surface area contributed by atoms with Gasteiger partial charge < -0.3 is 15.0 Å². The van der Waals surface area contributed by atoms with E-state index in [9.17, 15) is 0 Å². The van der Waals surface area contributed by atoms with E-state index in [4.69, 9.17) is 16.3 Å². The van der Waals surface area contributed by atoms with E-state index in [1.807, 2.05) is 38.4 Å². The minimum absolute atomic E-state index is 0. The third kappa shape index (κ3) is 7.68. The molecule has 0 unspecified atom stereocenters. The fourth-order valence-corrected chi connectivity index (χ4v) is 2.97. The molecule has 0 bridgehead atoms. The largest absolute Gasteiger partial charge is 0.383 e. The molecule has 142 valence electrons. The minimum Gasteiger partial charge on any atom is -0.383 e. The Morgan fingerprint density at radius 2 is 2.04 bits per heavy atom. The Kier molecular flexibility index (Phi) is 10.7. The van der Waals surface area contributed by atoms with Crippen molar-refractivity contribution in [3.8, 4) is 0 Å². The molecule has 5 nitrogen and oxygen atoms in total. The van der Waals surface area contributed by atoms with Crippen LogP contribution < -0.4 is 5.32 Å². The Balaban J connectivity index is 0.00000312. The van der Waals surface area contributed by atoms with Crippen LogP contribution in [0.4, 0.5) is 0 Å². The molecule has 25 heavy (non-hydrogen) atoms. The fourth-order valence-electron chi connectivity index (χ4n) is 2.78. The van der Waals surface area contributed by atoms with Crippen LogP contribution >= 0.6 is 35.6 Å². The number of ether oxygens (including phenoxy) is 1. The van der Waals surface area contributed by atoms with Gasteiger partial charge in [-0.1, -0.05) is 29.8 Å². The molecule has 0 radical (unpaired) electrons. The van der Waals surface area contributed by atoms with Gasteiger partial charge in [0.1, 0.15) is 0 Å². The summed E-state index contributed by atoms with van der Waals surface area (Å²) in [7, 11) is 5.60. The standard InChI is InChI=1S/C18H29ClN4O.HI/c1-20-18(22(2)14-15-6-4-5-7-17(15)19)21-10-11-23(12-13-24-3)16-8-9-16;/h4-7,16H,8-14H2,1-3H3,(H,20,21);1H. The minimum atomic E-state index is 0. The van der Waals surface area contributed by atoms with Crippen LogP contribution in [0.2, 0.25) is 5.02 Å². The fraction of sp³-hybridized carbons (Fsp3) is 0.611. The SMILES string of the molecule is CN=C(NCCN(CCOC)C1CC1)N(C)Cc1ccccc1Cl.I. The van der Waals surface area contributed by atoms with Gasteiger partial charge in [-0.3, -0.25) is 9.89 Å². The summed E-state index contributed by atoms with van der Waals surface area (Å²) >= 11 is 6.25. The van der Waals surface area contributed by atoms with Gasteiger partial charge in [-0.25, -0.2) is 0 Å². The summed E-state index contributed by atoms with van der Waals surface area (Å²) in [5.41, 5.74) is 1.10. The maximum Gasteiger partial charge on any atom is 0.193 e. The zero-order valence-corrected chi connectivity index (χ0v) is 18.5. The number of benzene rings is 1. The molecule has 1 aromatic carbocycles. The van der Waals surface area contributed by atoms with Gasteiger partial charge >= 0.3 is 0 Å². The molecule has 1 aromatic rings. The highest BCUT2D eigenvalue weighted by Gasteiger charge is 2.28. The number of halogens is 2. The zero-order valence-electron chi connectivity index (χ0n) is 15.4. The molecule has 1 N–H and O–H groups in total. The average molecular weight is 481 g/mol. The Morgan fingerprint density at radius 3 is 2.64 bits per heavy atom. The van der Waals surface area contributed by atoms with Crippen molar-refractivity contribution in [2.75, 3.05) is 47.4 Å². The lowest BCUT2D eigenvalue weighted by molar-refractivity contribution is 0.144. The zero-order chi connectivity index (χ0) is 17.4. The number of rotatable bonds is 9. The van der Waals surface area contributed by atoms with Crippen LogP contribution in [-0.4, -0.2) is 69.2 Å². The lowest BCUT2D eigenvalue weighted by Gasteiger charge is -2.25. The first-order chi connectivity index (χ1) is 11.7. The Bertz CT molecular complexity index is 540. The molecule has 1 aliphatic carbocycles. The second-order valence-electron chi connectivity index (χ2n) is 6.18. The number of nitrogens with one attached hydrogen (secondary N) is 1. The molecule has 1 saturated carbocycles. The van der Waals surface area contributed by atoms with E-state index in [1.54, 1.807) is 7.11 Å². The van der Waals surface area contributed by atoms with Gasteiger partial charge in [0.15, 0.2) is 5.96 Å². The summed E-state index contributed by atoms with van der Waals surface area (Å²) in [6.07, 6.45) is 2.62. The third-order valence-electron chi connectivity index (χ3n) is 4.27. The van der Waals surface area contributed by atoms with Crippen LogP contribution in [0.5, 0.6) is 0 Å². The summed E-state index contributed by atoms with van der Waals surface area (Å²) in [6, 6.07) is 8.67. The second kappa shape index (κ2) is 11.9. The molecule has 1 fully saturated rings. The van der Waals surface area contributed by atoms with E-state index in [0.29, 0.717) is 0 Å². The van der Waals surface area contributed by atoms with Crippen molar-refractivity contribution in [3.05, 3.63) is 34.9 Å². The van der Waals surface area contributed by atoms with Crippen molar-refractivity contribution >= 4 is 41.5 Å². The Hall–Kier alpha value is -0.570. The molecule has 0 amide bonds. The third-order valence-corrected chi connectivity index (χ3v) is 4.64.